The smallest absolute Gasteiger partial charge is 0.196 e. The third-order valence-electron chi connectivity index (χ3n) is 4.76. The van der Waals surface area contributed by atoms with Crippen molar-refractivity contribution in [2.75, 3.05) is 0 Å². The summed E-state index contributed by atoms with van der Waals surface area (Å²) in [5, 5.41) is 13.3. The molecule has 2 aromatic carbocycles. The molecule has 28 heavy (non-hydrogen) atoms. The fourth-order valence-electron chi connectivity index (χ4n) is 3.21. The van der Waals surface area contributed by atoms with Crippen molar-refractivity contribution in [3.63, 3.8) is 0 Å². The first-order valence-electron chi connectivity index (χ1n) is 9.47. The highest BCUT2D eigenvalue weighted by Crippen LogP contribution is 2.41. The molecule has 0 amide bonds. The van der Waals surface area contributed by atoms with Crippen LogP contribution in [0.4, 0.5) is 0 Å². The van der Waals surface area contributed by atoms with Gasteiger partial charge in [0.2, 0.25) is 0 Å². The fourth-order valence-corrected chi connectivity index (χ4v) is 4.99. The van der Waals surface area contributed by atoms with Gasteiger partial charge in [0.15, 0.2) is 5.16 Å². The molecule has 6 heteroatoms. The molecular weight excluding hydrogens is 384 g/mol. The van der Waals surface area contributed by atoms with Gasteiger partial charge in [0.1, 0.15) is 5.82 Å². The molecule has 0 bridgehead atoms. The van der Waals surface area contributed by atoms with Crippen LogP contribution in [0.1, 0.15) is 40.8 Å². The topological polar surface area (TPSA) is 43.6 Å². The molecule has 0 atom stereocenters. The van der Waals surface area contributed by atoms with Crippen LogP contribution in [0.15, 0.2) is 71.2 Å². The summed E-state index contributed by atoms with van der Waals surface area (Å²) >= 11 is 3.45. The monoisotopic (exact) mass is 404 g/mol. The first-order valence-corrected chi connectivity index (χ1v) is 11.3. The van der Waals surface area contributed by atoms with E-state index in [0.29, 0.717) is 5.92 Å². The summed E-state index contributed by atoms with van der Waals surface area (Å²) in [6, 6.07) is 20.9. The average molecular weight is 405 g/mol. The summed E-state index contributed by atoms with van der Waals surface area (Å²) in [6.07, 6.45) is 3.32. The highest BCUT2D eigenvalue weighted by molar-refractivity contribution is 7.98. The van der Waals surface area contributed by atoms with Gasteiger partial charge in [-0.1, -0.05) is 60.3 Å². The van der Waals surface area contributed by atoms with E-state index >= 15 is 0 Å². The van der Waals surface area contributed by atoms with E-state index < -0.39 is 0 Å². The Labute approximate surface area is 172 Å². The molecule has 140 valence electrons. The Hall–Kier alpha value is -2.44. The minimum absolute atomic E-state index is 0.554. The second-order valence-corrected chi connectivity index (χ2v) is 8.85. The molecule has 0 N–H and O–H groups in total. The SMILES string of the molecule is c1ccc(Cc2nc(CSc3nnc(C4CC4)n3-c3ccccc3)cs2)cc1. The number of benzene rings is 2. The maximum absolute atomic E-state index is 4.82. The predicted molar refractivity (Wildman–Crippen MR) is 114 cm³/mol. The summed E-state index contributed by atoms with van der Waals surface area (Å²) in [7, 11) is 0. The molecule has 0 aliphatic heterocycles. The van der Waals surface area contributed by atoms with Crippen LogP contribution < -0.4 is 0 Å². The molecule has 2 aromatic heterocycles. The second kappa shape index (κ2) is 7.89. The van der Waals surface area contributed by atoms with Gasteiger partial charge >= 0.3 is 0 Å². The standard InChI is InChI=1S/C22H20N4S2/c1-3-7-16(8-4-1)13-20-23-18(14-27-20)15-28-22-25-24-21(17-11-12-17)26(22)19-9-5-2-6-10-19/h1-10,14,17H,11-13,15H2. The van der Waals surface area contributed by atoms with Gasteiger partial charge in [-0.3, -0.25) is 4.57 Å². The van der Waals surface area contributed by atoms with E-state index in [-0.39, 0.29) is 0 Å². The Bertz CT molecular complexity index is 1050. The van der Waals surface area contributed by atoms with Crippen LogP contribution in [0.2, 0.25) is 0 Å². The number of hydrogen-bond acceptors (Lipinski definition) is 5. The van der Waals surface area contributed by atoms with E-state index in [1.54, 1.807) is 23.1 Å². The van der Waals surface area contributed by atoms with Gasteiger partial charge in [0, 0.05) is 29.2 Å². The molecule has 0 saturated heterocycles. The van der Waals surface area contributed by atoms with E-state index in [2.05, 4.69) is 68.7 Å². The summed E-state index contributed by atoms with van der Waals surface area (Å²) in [4.78, 5) is 4.82. The van der Waals surface area contributed by atoms with Crippen LogP contribution in [-0.4, -0.2) is 19.7 Å². The number of hydrogen-bond donors (Lipinski definition) is 0. The lowest BCUT2D eigenvalue weighted by Gasteiger charge is -2.09. The van der Waals surface area contributed by atoms with Crippen molar-refractivity contribution in [1.29, 1.82) is 0 Å². The zero-order valence-electron chi connectivity index (χ0n) is 15.4. The highest BCUT2D eigenvalue weighted by atomic mass is 32.2. The van der Waals surface area contributed by atoms with Gasteiger partial charge < -0.3 is 0 Å². The van der Waals surface area contributed by atoms with Gasteiger partial charge in [0.25, 0.3) is 0 Å². The van der Waals surface area contributed by atoms with Crippen LogP contribution in [-0.2, 0) is 12.2 Å². The maximum Gasteiger partial charge on any atom is 0.196 e. The first kappa shape index (κ1) is 17.6. The van der Waals surface area contributed by atoms with Crippen LogP contribution in [0, 0.1) is 0 Å². The number of rotatable bonds is 7. The van der Waals surface area contributed by atoms with Crippen molar-refractivity contribution in [3.05, 3.63) is 88.1 Å². The predicted octanol–water partition coefficient (Wildman–Crippen LogP) is 5.48. The normalized spacial score (nSPS) is 13.7. The van der Waals surface area contributed by atoms with Crippen LogP contribution >= 0.6 is 23.1 Å². The molecule has 1 aliphatic carbocycles. The molecule has 4 nitrogen and oxygen atoms in total. The molecule has 2 heterocycles. The molecule has 1 aliphatic rings. The lowest BCUT2D eigenvalue weighted by atomic mass is 10.2. The molecule has 1 saturated carbocycles. The molecule has 0 radical (unpaired) electrons. The van der Waals surface area contributed by atoms with Crippen molar-refractivity contribution in [1.82, 2.24) is 19.7 Å². The van der Waals surface area contributed by atoms with Gasteiger partial charge in [0.05, 0.1) is 10.7 Å². The Morgan fingerprint density at radius 1 is 0.964 bits per heavy atom. The largest absolute Gasteiger partial charge is 0.274 e. The minimum atomic E-state index is 0.554. The number of para-hydroxylation sites is 1. The minimum Gasteiger partial charge on any atom is -0.274 e. The molecule has 0 unspecified atom stereocenters. The third-order valence-corrected chi connectivity index (χ3v) is 6.62. The molecule has 4 aromatic rings. The molecule has 5 rings (SSSR count). The van der Waals surface area contributed by atoms with Gasteiger partial charge in [-0.25, -0.2) is 4.98 Å². The van der Waals surface area contributed by atoms with Crippen molar-refractivity contribution < 1.29 is 0 Å². The maximum atomic E-state index is 4.82. The van der Waals surface area contributed by atoms with E-state index in [4.69, 9.17) is 4.98 Å². The van der Waals surface area contributed by atoms with Crippen molar-refractivity contribution in [3.8, 4) is 5.69 Å². The Kier molecular flexibility index (Phi) is 4.97. The lowest BCUT2D eigenvalue weighted by molar-refractivity contribution is 0.829. The van der Waals surface area contributed by atoms with E-state index in [1.165, 1.54) is 18.4 Å². The van der Waals surface area contributed by atoms with E-state index in [9.17, 15) is 0 Å². The van der Waals surface area contributed by atoms with Gasteiger partial charge in [-0.2, -0.15) is 0 Å². The zero-order valence-corrected chi connectivity index (χ0v) is 17.0. The van der Waals surface area contributed by atoms with Gasteiger partial charge in [-0.05, 0) is 30.5 Å². The number of nitrogens with zero attached hydrogens (tertiary/aromatic N) is 4. The summed E-state index contributed by atoms with van der Waals surface area (Å²) < 4.78 is 2.22. The summed E-state index contributed by atoms with van der Waals surface area (Å²) in [6.45, 7) is 0. The zero-order chi connectivity index (χ0) is 18.8. The van der Waals surface area contributed by atoms with Crippen molar-refractivity contribution in [2.24, 2.45) is 0 Å². The van der Waals surface area contributed by atoms with Crippen LogP contribution in [0.25, 0.3) is 5.69 Å². The Morgan fingerprint density at radius 2 is 1.71 bits per heavy atom. The second-order valence-electron chi connectivity index (χ2n) is 6.97. The van der Waals surface area contributed by atoms with Crippen LogP contribution in [0.3, 0.4) is 0 Å². The van der Waals surface area contributed by atoms with Gasteiger partial charge in [-0.15, -0.1) is 21.5 Å². The Balaban J connectivity index is 1.32. The molecule has 1 fully saturated rings. The Morgan fingerprint density at radius 3 is 2.46 bits per heavy atom. The van der Waals surface area contributed by atoms with Crippen molar-refractivity contribution >= 4 is 23.1 Å². The van der Waals surface area contributed by atoms with E-state index in [0.717, 1.165) is 39.5 Å². The molecule has 0 spiro atoms. The van der Waals surface area contributed by atoms with Crippen LogP contribution in [0.5, 0.6) is 0 Å². The number of aromatic nitrogens is 4. The summed E-state index contributed by atoms with van der Waals surface area (Å²) in [5.41, 5.74) is 3.55. The highest BCUT2D eigenvalue weighted by Gasteiger charge is 2.31. The van der Waals surface area contributed by atoms with E-state index in [1.807, 2.05) is 12.1 Å². The van der Waals surface area contributed by atoms with Crippen molar-refractivity contribution in [2.45, 2.75) is 36.1 Å². The lowest BCUT2D eigenvalue weighted by Crippen LogP contribution is -2.01. The average Bonchev–Trinajstić information content (AvgIpc) is 3.34. The fraction of sp³-hybridized carbons (Fsp3) is 0.227. The first-order chi connectivity index (χ1) is 13.9. The quantitative estimate of drug-likeness (QED) is 0.382. The summed E-state index contributed by atoms with van der Waals surface area (Å²) in [5.74, 6) is 2.46. The third kappa shape index (κ3) is 3.88. The number of thioether (sulfide) groups is 1. The number of thiazole rings is 1. The molecular formula is C22H20N4S2.